The maximum atomic E-state index is 13.8. The average Bonchev–Trinajstić information content (AvgIpc) is 3.23. The van der Waals surface area contributed by atoms with Crippen molar-refractivity contribution in [2.24, 2.45) is 0 Å². The van der Waals surface area contributed by atoms with Crippen LogP contribution in [0.15, 0.2) is 36.4 Å². The SMILES string of the molecule is Cc1cc(C[N@+]2(C(=O)O)CCC(N3CCc4ccccc4NC3=O)CC2(CC=O)N2CCC(N3CCC(O)CC3)CC2)cc(C)c1N. The molecule has 0 aliphatic carbocycles. The normalized spacial score (nSPS) is 28.4. The Hall–Kier alpha value is -3.51. The number of rotatable bonds is 7. The van der Waals surface area contributed by atoms with Gasteiger partial charge in [-0.05, 0) is 80.8 Å². The second-order valence-electron chi connectivity index (χ2n) is 14.3. The Morgan fingerprint density at radius 2 is 1.70 bits per heavy atom. The molecule has 3 amide bonds. The number of urea groups is 1. The fourth-order valence-corrected chi connectivity index (χ4v) is 9.09. The second kappa shape index (κ2) is 13.5. The van der Waals surface area contributed by atoms with Gasteiger partial charge in [-0.15, -0.1) is 0 Å². The Balaban J connectivity index is 1.36. The first-order valence-electron chi connectivity index (χ1n) is 17.3. The summed E-state index contributed by atoms with van der Waals surface area (Å²) in [6, 6.07) is 11.8. The number of carbonyl (C=O) groups excluding carboxylic acids is 2. The molecular weight excluding hydrogens is 596 g/mol. The maximum absolute atomic E-state index is 13.8. The number of aryl methyl sites for hydroxylation is 2. The van der Waals surface area contributed by atoms with E-state index in [1.165, 1.54) is 0 Å². The van der Waals surface area contributed by atoms with Crippen LogP contribution in [0.2, 0.25) is 0 Å². The molecule has 11 nitrogen and oxygen atoms in total. The summed E-state index contributed by atoms with van der Waals surface area (Å²) in [6.45, 7) is 7.98. The van der Waals surface area contributed by atoms with E-state index in [0.29, 0.717) is 50.6 Å². The molecule has 3 fully saturated rings. The molecule has 2 aromatic rings. The van der Waals surface area contributed by atoms with Crippen LogP contribution in [-0.4, -0.2) is 111 Å². The van der Waals surface area contributed by atoms with E-state index in [4.69, 9.17) is 5.73 Å². The third-order valence-electron chi connectivity index (χ3n) is 11.7. The van der Waals surface area contributed by atoms with Gasteiger partial charge in [-0.1, -0.05) is 18.2 Å². The Morgan fingerprint density at radius 3 is 2.36 bits per heavy atom. The quantitative estimate of drug-likeness (QED) is 0.198. The van der Waals surface area contributed by atoms with Crippen LogP contribution < -0.4 is 11.1 Å². The van der Waals surface area contributed by atoms with E-state index >= 15 is 0 Å². The molecule has 0 radical (unpaired) electrons. The Bertz CT molecular complexity index is 1460. The number of nitrogens with zero attached hydrogens (tertiary/aromatic N) is 4. The summed E-state index contributed by atoms with van der Waals surface area (Å²) < 4.78 is -0.290. The molecule has 5 N–H and O–H groups in total. The summed E-state index contributed by atoms with van der Waals surface area (Å²) in [5, 5.41) is 24.5. The molecule has 4 aliphatic rings. The highest BCUT2D eigenvalue weighted by molar-refractivity contribution is 5.91. The van der Waals surface area contributed by atoms with E-state index in [1.807, 2.05) is 55.1 Å². The van der Waals surface area contributed by atoms with Gasteiger partial charge in [-0.3, -0.25) is 4.90 Å². The number of para-hydroxylation sites is 1. The number of nitrogens with two attached hydrogens (primary N) is 1. The number of nitrogens with one attached hydrogen (secondary N) is 1. The van der Waals surface area contributed by atoms with E-state index in [2.05, 4.69) is 15.1 Å². The number of amides is 3. The number of anilines is 2. The zero-order valence-corrected chi connectivity index (χ0v) is 27.9. The van der Waals surface area contributed by atoms with Crippen molar-refractivity contribution in [3.63, 3.8) is 0 Å². The second-order valence-corrected chi connectivity index (χ2v) is 14.3. The molecule has 254 valence electrons. The fourth-order valence-electron chi connectivity index (χ4n) is 9.09. The Kier molecular flexibility index (Phi) is 9.62. The summed E-state index contributed by atoms with van der Waals surface area (Å²) in [7, 11) is 0. The van der Waals surface area contributed by atoms with Crippen molar-refractivity contribution in [1.82, 2.24) is 14.7 Å². The largest absolute Gasteiger partial charge is 0.515 e. The molecule has 3 saturated heterocycles. The van der Waals surface area contributed by atoms with Gasteiger partial charge in [-0.2, -0.15) is 4.79 Å². The molecule has 0 spiro atoms. The lowest BCUT2D eigenvalue weighted by Crippen LogP contribution is -2.78. The molecule has 0 aromatic heterocycles. The number of hydrogen-bond acceptors (Lipinski definition) is 7. The van der Waals surface area contributed by atoms with Crippen LogP contribution >= 0.6 is 0 Å². The van der Waals surface area contributed by atoms with Crippen molar-refractivity contribution in [1.29, 1.82) is 0 Å². The van der Waals surface area contributed by atoms with E-state index < -0.39 is 11.8 Å². The standard InChI is InChI=1S/C36H50N6O5/c1-25-21-27(22-26(2)33(25)37)24-42(35(46)47)19-12-30(41-18-7-28-5-3-4-6-32(28)38-34(41)45)23-36(42,13-20-43)40-16-8-29(9-17-40)39-14-10-31(44)11-15-39/h3-6,20-22,29-31,44H,7-19,23-24,37H2,1-2H3,(H-,38,45,46,47)/p+1/t30?,36?,42-/m0/s1. The van der Waals surface area contributed by atoms with E-state index in [9.17, 15) is 24.6 Å². The lowest BCUT2D eigenvalue weighted by molar-refractivity contribution is -0.942. The average molecular weight is 648 g/mol. The number of nitrogen functional groups attached to an aromatic ring is 1. The number of aliphatic hydroxyl groups excluding tert-OH is 1. The number of aliphatic hydroxyl groups is 1. The van der Waals surface area contributed by atoms with Crippen molar-refractivity contribution >= 4 is 29.8 Å². The lowest BCUT2D eigenvalue weighted by atomic mass is 9.81. The predicted molar refractivity (Wildman–Crippen MR) is 181 cm³/mol. The topological polar surface area (TPSA) is 139 Å². The first-order chi connectivity index (χ1) is 22.6. The molecule has 0 bridgehead atoms. The van der Waals surface area contributed by atoms with Gasteiger partial charge in [0.25, 0.3) is 0 Å². The molecule has 6 rings (SSSR count). The van der Waals surface area contributed by atoms with E-state index in [-0.39, 0.29) is 42.2 Å². The van der Waals surface area contributed by atoms with Crippen LogP contribution in [0.1, 0.15) is 67.2 Å². The number of carboxylic acid groups (broad SMARTS) is 1. The number of benzene rings is 2. The molecular formula is C36H51N6O5+. The number of hydrogen-bond donors (Lipinski definition) is 4. The van der Waals surface area contributed by atoms with Crippen LogP contribution in [0.3, 0.4) is 0 Å². The smallest absolute Gasteiger partial charge is 0.435 e. The predicted octanol–water partition coefficient (Wildman–Crippen LogP) is 4.34. The number of aldehydes is 1. The minimum absolute atomic E-state index is 0.0546. The summed E-state index contributed by atoms with van der Waals surface area (Å²) in [5.41, 5.74) is 10.5. The zero-order valence-electron chi connectivity index (χ0n) is 27.9. The van der Waals surface area contributed by atoms with Crippen molar-refractivity contribution in [2.45, 2.75) is 95.6 Å². The van der Waals surface area contributed by atoms with Crippen LogP contribution in [0.4, 0.5) is 21.0 Å². The third-order valence-corrected chi connectivity index (χ3v) is 11.7. The summed E-state index contributed by atoms with van der Waals surface area (Å²) in [6.07, 6.45) is 4.64. The fraction of sp³-hybridized carbons (Fsp3) is 0.583. The van der Waals surface area contributed by atoms with Crippen LogP contribution in [-0.2, 0) is 17.8 Å². The van der Waals surface area contributed by atoms with Crippen LogP contribution in [0.25, 0.3) is 0 Å². The number of piperidine rings is 3. The molecule has 0 saturated carbocycles. The third kappa shape index (κ3) is 6.26. The van der Waals surface area contributed by atoms with Gasteiger partial charge >= 0.3 is 12.1 Å². The minimum atomic E-state index is -1.05. The molecule has 11 heteroatoms. The van der Waals surface area contributed by atoms with Gasteiger partial charge in [0.1, 0.15) is 12.8 Å². The highest BCUT2D eigenvalue weighted by Gasteiger charge is 2.64. The highest BCUT2D eigenvalue weighted by Crippen LogP contribution is 2.46. The Labute approximate surface area is 277 Å². The van der Waals surface area contributed by atoms with Crippen LogP contribution in [0, 0.1) is 13.8 Å². The van der Waals surface area contributed by atoms with Gasteiger partial charge in [0.05, 0.1) is 19.1 Å². The molecule has 2 aromatic carbocycles. The number of likely N-dealkylation sites (tertiary alicyclic amines) is 3. The Morgan fingerprint density at radius 1 is 1.02 bits per heavy atom. The molecule has 4 heterocycles. The van der Waals surface area contributed by atoms with Gasteiger partial charge in [0.2, 0.25) is 0 Å². The van der Waals surface area contributed by atoms with E-state index in [0.717, 1.165) is 73.0 Å². The minimum Gasteiger partial charge on any atom is -0.435 e. The summed E-state index contributed by atoms with van der Waals surface area (Å²) >= 11 is 0. The number of quaternary nitrogens is 1. The molecule has 2 unspecified atom stereocenters. The van der Waals surface area contributed by atoms with E-state index in [1.54, 1.807) is 0 Å². The molecule has 4 aliphatic heterocycles. The number of fused-ring (bicyclic) bond motifs is 1. The molecule has 3 atom stereocenters. The van der Waals surface area contributed by atoms with Crippen molar-refractivity contribution in [3.8, 4) is 0 Å². The van der Waals surface area contributed by atoms with Crippen molar-refractivity contribution in [2.75, 3.05) is 50.3 Å². The van der Waals surface area contributed by atoms with Crippen molar-refractivity contribution in [3.05, 3.63) is 58.7 Å². The lowest BCUT2D eigenvalue weighted by Gasteiger charge is -2.59. The monoisotopic (exact) mass is 647 g/mol. The molecule has 47 heavy (non-hydrogen) atoms. The maximum Gasteiger partial charge on any atom is 0.515 e. The first kappa shape index (κ1) is 33.4. The van der Waals surface area contributed by atoms with Crippen molar-refractivity contribution < 1.29 is 29.1 Å². The first-order valence-corrected chi connectivity index (χ1v) is 17.3. The zero-order chi connectivity index (χ0) is 33.3. The van der Waals surface area contributed by atoms with Gasteiger partial charge in [0, 0.05) is 74.6 Å². The summed E-state index contributed by atoms with van der Waals surface area (Å²) in [5.74, 6) is 0. The van der Waals surface area contributed by atoms with Crippen LogP contribution in [0.5, 0.6) is 0 Å². The summed E-state index contributed by atoms with van der Waals surface area (Å²) in [4.78, 5) is 47.0. The number of carbonyl (C=O) groups is 3. The van der Waals surface area contributed by atoms with Gasteiger partial charge in [-0.25, -0.2) is 9.28 Å². The van der Waals surface area contributed by atoms with Gasteiger partial charge < -0.3 is 35.9 Å². The highest BCUT2D eigenvalue weighted by atomic mass is 16.4. The van der Waals surface area contributed by atoms with Gasteiger partial charge in [0.15, 0.2) is 5.66 Å².